The molecular weight excluding hydrogens is 282 g/mol. The van der Waals surface area contributed by atoms with Crippen LogP contribution in [0.5, 0.6) is 0 Å². The molecule has 1 fully saturated rings. The number of thiophene rings is 1. The van der Waals surface area contributed by atoms with E-state index in [1.165, 1.54) is 16.0 Å². The molecule has 1 saturated heterocycles. The van der Waals surface area contributed by atoms with E-state index in [9.17, 15) is 9.59 Å². The van der Waals surface area contributed by atoms with Gasteiger partial charge in [0, 0.05) is 13.1 Å². The van der Waals surface area contributed by atoms with Crippen molar-refractivity contribution >= 4 is 17.2 Å². The van der Waals surface area contributed by atoms with Crippen LogP contribution >= 0.6 is 11.3 Å². The first-order chi connectivity index (χ1) is 9.75. The standard InChI is InChI=1S/C11H13N5O3S/c17-9(14-3-5-19-6-4-14)8-15-11(18)16(13-12-15)10-2-1-7-20-10/h1-2,7H,3-6,8H2. The number of hydrogen-bond acceptors (Lipinski definition) is 6. The lowest BCUT2D eigenvalue weighted by molar-refractivity contribution is -0.136. The molecule has 0 atom stereocenters. The molecule has 0 saturated carbocycles. The molecule has 0 radical (unpaired) electrons. The Morgan fingerprint density at radius 1 is 1.35 bits per heavy atom. The highest BCUT2D eigenvalue weighted by atomic mass is 32.1. The summed E-state index contributed by atoms with van der Waals surface area (Å²) >= 11 is 1.39. The first-order valence-corrected chi connectivity index (χ1v) is 7.06. The summed E-state index contributed by atoms with van der Waals surface area (Å²) in [5, 5.41) is 10.1. The number of amides is 1. The van der Waals surface area contributed by atoms with Crippen molar-refractivity contribution < 1.29 is 9.53 Å². The zero-order valence-corrected chi connectivity index (χ0v) is 11.5. The Hall–Kier alpha value is -2.00. The lowest BCUT2D eigenvalue weighted by atomic mass is 10.4. The van der Waals surface area contributed by atoms with Gasteiger partial charge in [0.15, 0.2) is 0 Å². The summed E-state index contributed by atoms with van der Waals surface area (Å²) in [6, 6.07) is 3.60. The van der Waals surface area contributed by atoms with Gasteiger partial charge in [-0.05, 0) is 27.9 Å². The van der Waals surface area contributed by atoms with Gasteiger partial charge in [0.1, 0.15) is 11.5 Å². The Kier molecular flexibility index (Phi) is 3.61. The Balaban J connectivity index is 1.75. The van der Waals surface area contributed by atoms with Gasteiger partial charge in [0.25, 0.3) is 0 Å². The number of aromatic nitrogens is 4. The molecule has 0 unspecified atom stereocenters. The molecule has 2 aromatic rings. The maximum Gasteiger partial charge on any atom is 0.369 e. The molecule has 0 aliphatic carbocycles. The molecule has 1 aliphatic rings. The minimum atomic E-state index is -0.408. The van der Waals surface area contributed by atoms with Crippen LogP contribution in [0.1, 0.15) is 0 Å². The second-order valence-corrected chi connectivity index (χ2v) is 5.20. The largest absolute Gasteiger partial charge is 0.378 e. The number of rotatable bonds is 3. The van der Waals surface area contributed by atoms with Crippen LogP contribution in [0.3, 0.4) is 0 Å². The van der Waals surface area contributed by atoms with Crippen LogP contribution in [-0.2, 0) is 16.1 Å². The fourth-order valence-corrected chi connectivity index (χ4v) is 2.61. The second kappa shape index (κ2) is 5.55. The number of tetrazole rings is 1. The Morgan fingerprint density at radius 2 is 2.15 bits per heavy atom. The van der Waals surface area contributed by atoms with Gasteiger partial charge in [-0.2, -0.15) is 9.36 Å². The number of nitrogens with zero attached hydrogens (tertiary/aromatic N) is 5. The summed E-state index contributed by atoms with van der Waals surface area (Å²) in [4.78, 5) is 25.8. The fraction of sp³-hybridized carbons (Fsp3) is 0.455. The third-order valence-corrected chi connectivity index (χ3v) is 3.85. The second-order valence-electron chi connectivity index (χ2n) is 4.28. The van der Waals surface area contributed by atoms with Crippen LogP contribution in [0.25, 0.3) is 5.00 Å². The van der Waals surface area contributed by atoms with Crippen LogP contribution in [-0.4, -0.2) is 56.9 Å². The predicted molar refractivity (Wildman–Crippen MR) is 70.9 cm³/mol. The molecule has 0 spiro atoms. The molecule has 0 aromatic carbocycles. The topological polar surface area (TPSA) is 82.2 Å². The monoisotopic (exact) mass is 295 g/mol. The molecule has 1 amide bonds. The van der Waals surface area contributed by atoms with E-state index in [0.717, 1.165) is 4.68 Å². The van der Waals surface area contributed by atoms with E-state index in [4.69, 9.17) is 4.74 Å². The van der Waals surface area contributed by atoms with E-state index in [1.807, 2.05) is 11.4 Å². The van der Waals surface area contributed by atoms with E-state index in [0.29, 0.717) is 31.3 Å². The first kappa shape index (κ1) is 13.0. The number of carbonyl (C=O) groups excluding carboxylic acids is 1. The molecule has 20 heavy (non-hydrogen) atoms. The van der Waals surface area contributed by atoms with Crippen molar-refractivity contribution in [3.05, 3.63) is 28.0 Å². The van der Waals surface area contributed by atoms with Gasteiger partial charge in [0.05, 0.1) is 13.2 Å². The number of hydrogen-bond donors (Lipinski definition) is 0. The van der Waals surface area contributed by atoms with Crippen LogP contribution in [0.4, 0.5) is 0 Å². The lowest BCUT2D eigenvalue weighted by Crippen LogP contribution is -2.43. The maximum absolute atomic E-state index is 12.1. The summed E-state index contributed by atoms with van der Waals surface area (Å²) < 4.78 is 7.46. The third kappa shape index (κ3) is 2.49. The zero-order chi connectivity index (χ0) is 13.9. The lowest BCUT2D eigenvalue weighted by Gasteiger charge is -2.26. The van der Waals surface area contributed by atoms with E-state index in [-0.39, 0.29) is 12.5 Å². The molecule has 2 aromatic heterocycles. The number of carbonyl (C=O) groups is 1. The maximum atomic E-state index is 12.1. The minimum Gasteiger partial charge on any atom is -0.378 e. The van der Waals surface area contributed by atoms with Crippen LogP contribution in [0.2, 0.25) is 0 Å². The molecule has 9 heteroatoms. The normalized spacial score (nSPS) is 15.5. The Labute approximate surface area is 118 Å². The summed E-state index contributed by atoms with van der Waals surface area (Å²) in [5.41, 5.74) is -0.408. The van der Waals surface area contributed by atoms with E-state index >= 15 is 0 Å². The first-order valence-electron chi connectivity index (χ1n) is 6.18. The summed E-state index contributed by atoms with van der Waals surface area (Å²) in [7, 11) is 0. The molecule has 3 heterocycles. The van der Waals surface area contributed by atoms with Gasteiger partial charge in [-0.15, -0.1) is 11.3 Å². The molecule has 1 aliphatic heterocycles. The van der Waals surface area contributed by atoms with Gasteiger partial charge < -0.3 is 9.64 Å². The predicted octanol–water partition coefficient (Wildman–Crippen LogP) is -0.651. The van der Waals surface area contributed by atoms with Crippen molar-refractivity contribution in [1.29, 1.82) is 0 Å². The van der Waals surface area contributed by atoms with Gasteiger partial charge in [-0.1, -0.05) is 0 Å². The number of morpholine rings is 1. The van der Waals surface area contributed by atoms with Crippen LogP contribution in [0.15, 0.2) is 22.3 Å². The summed E-state index contributed by atoms with van der Waals surface area (Å²) in [5.74, 6) is -0.145. The van der Waals surface area contributed by atoms with Crippen LogP contribution in [0, 0.1) is 0 Å². The van der Waals surface area contributed by atoms with Crippen molar-refractivity contribution in [3.63, 3.8) is 0 Å². The minimum absolute atomic E-state index is 0.0930. The summed E-state index contributed by atoms with van der Waals surface area (Å²) in [6.45, 7) is 2.06. The average Bonchev–Trinajstić information content (AvgIpc) is 3.11. The molecule has 0 N–H and O–H groups in total. The van der Waals surface area contributed by atoms with Gasteiger partial charge >= 0.3 is 5.69 Å². The van der Waals surface area contributed by atoms with E-state index in [1.54, 1.807) is 11.0 Å². The van der Waals surface area contributed by atoms with E-state index < -0.39 is 5.69 Å². The SMILES string of the molecule is O=C(Cn1nnn(-c2cccs2)c1=O)N1CCOCC1. The van der Waals surface area contributed by atoms with Gasteiger partial charge in [-0.25, -0.2) is 4.79 Å². The van der Waals surface area contributed by atoms with Crippen molar-refractivity contribution in [2.24, 2.45) is 0 Å². The molecule has 0 bridgehead atoms. The fourth-order valence-electron chi connectivity index (χ4n) is 1.94. The Morgan fingerprint density at radius 3 is 2.85 bits per heavy atom. The number of ether oxygens (including phenoxy) is 1. The van der Waals surface area contributed by atoms with Crippen LogP contribution < -0.4 is 5.69 Å². The summed E-state index contributed by atoms with van der Waals surface area (Å²) in [6.07, 6.45) is 0. The van der Waals surface area contributed by atoms with Gasteiger partial charge in [-0.3, -0.25) is 4.79 Å². The third-order valence-electron chi connectivity index (χ3n) is 3.00. The zero-order valence-electron chi connectivity index (χ0n) is 10.6. The molecule has 106 valence electrons. The van der Waals surface area contributed by atoms with Crippen molar-refractivity contribution in [3.8, 4) is 5.00 Å². The van der Waals surface area contributed by atoms with Crippen molar-refractivity contribution in [1.82, 2.24) is 24.7 Å². The highest BCUT2D eigenvalue weighted by molar-refractivity contribution is 7.12. The quantitative estimate of drug-likeness (QED) is 0.751. The average molecular weight is 295 g/mol. The van der Waals surface area contributed by atoms with Gasteiger partial charge in [0.2, 0.25) is 5.91 Å². The van der Waals surface area contributed by atoms with Crippen molar-refractivity contribution in [2.45, 2.75) is 6.54 Å². The highest BCUT2D eigenvalue weighted by Gasteiger charge is 2.19. The van der Waals surface area contributed by atoms with Crippen molar-refractivity contribution in [2.75, 3.05) is 26.3 Å². The molecular formula is C11H13N5O3S. The molecule has 3 rings (SSSR count). The highest BCUT2D eigenvalue weighted by Crippen LogP contribution is 2.10. The van der Waals surface area contributed by atoms with E-state index in [2.05, 4.69) is 10.4 Å². The molecule has 8 nitrogen and oxygen atoms in total. The Bertz CT molecular complexity index is 641. The smallest absolute Gasteiger partial charge is 0.369 e.